The lowest BCUT2D eigenvalue weighted by Gasteiger charge is -2.54. The van der Waals surface area contributed by atoms with Gasteiger partial charge in [0.05, 0.1) is 0 Å². The number of hydrogen-bond acceptors (Lipinski definition) is 0. The van der Waals surface area contributed by atoms with Crippen molar-refractivity contribution in [3.63, 3.8) is 0 Å². The Bertz CT molecular complexity index is 343. The Morgan fingerprint density at radius 3 is 1.57 bits per heavy atom. The van der Waals surface area contributed by atoms with Crippen molar-refractivity contribution >= 4 is 0 Å². The monoisotopic (exact) mass is 186 g/mol. The van der Waals surface area contributed by atoms with E-state index < -0.39 is 0 Å². The van der Waals surface area contributed by atoms with Crippen LogP contribution in [0.15, 0.2) is 11.1 Å². The van der Waals surface area contributed by atoms with Gasteiger partial charge >= 0.3 is 0 Å². The molecule has 0 aromatic rings. The fraction of sp³-hybridized carbons (Fsp3) is 0.857. The van der Waals surface area contributed by atoms with Crippen LogP contribution in [-0.2, 0) is 0 Å². The molecule has 74 valence electrons. The summed E-state index contributed by atoms with van der Waals surface area (Å²) in [5.74, 6) is 0. The third kappa shape index (κ3) is 0.452. The van der Waals surface area contributed by atoms with Gasteiger partial charge in [-0.25, -0.2) is 0 Å². The van der Waals surface area contributed by atoms with Crippen LogP contribution in [0.2, 0.25) is 0 Å². The van der Waals surface area contributed by atoms with Gasteiger partial charge in [0, 0.05) is 0 Å². The highest BCUT2D eigenvalue weighted by molar-refractivity contribution is 5.57. The third-order valence-corrected chi connectivity index (χ3v) is 6.35. The molecule has 0 atom stereocenters. The van der Waals surface area contributed by atoms with E-state index in [0.29, 0.717) is 0 Å². The van der Waals surface area contributed by atoms with Crippen LogP contribution in [-0.4, -0.2) is 0 Å². The highest BCUT2D eigenvalue weighted by Gasteiger charge is 2.88. The molecule has 0 aromatic heterocycles. The highest BCUT2D eigenvalue weighted by Crippen LogP contribution is 2.97. The van der Waals surface area contributed by atoms with Crippen molar-refractivity contribution < 1.29 is 0 Å². The number of rotatable bonds is 0. The molecular formula is C14H18. The molecule has 3 spiro atoms. The first-order valence-corrected chi connectivity index (χ1v) is 6.58. The molecule has 0 heteroatoms. The largest absolute Gasteiger partial charge is 0.0698 e. The molecule has 0 heterocycles. The average Bonchev–Trinajstić information content (AvgIpc) is 2.95. The van der Waals surface area contributed by atoms with Gasteiger partial charge < -0.3 is 0 Å². The van der Waals surface area contributed by atoms with E-state index in [4.69, 9.17) is 0 Å². The quantitative estimate of drug-likeness (QED) is 0.504. The van der Waals surface area contributed by atoms with E-state index in [1.807, 2.05) is 5.57 Å². The standard InChI is InChI=1S/C14H18/c1-2-10(3-1)11-12(4-5-12)14(8-9-14)13(11)6-7-13/h1-9H2. The Hall–Kier alpha value is -0.260. The van der Waals surface area contributed by atoms with E-state index in [0.717, 1.165) is 16.2 Å². The first-order valence-electron chi connectivity index (χ1n) is 6.58. The van der Waals surface area contributed by atoms with Crippen LogP contribution < -0.4 is 0 Å². The Labute approximate surface area is 85.8 Å². The van der Waals surface area contributed by atoms with Crippen LogP contribution in [0.5, 0.6) is 0 Å². The molecular weight excluding hydrogens is 168 g/mol. The first kappa shape index (κ1) is 7.09. The Morgan fingerprint density at radius 1 is 0.714 bits per heavy atom. The van der Waals surface area contributed by atoms with Crippen LogP contribution in [0.4, 0.5) is 0 Å². The zero-order valence-electron chi connectivity index (χ0n) is 8.86. The first-order chi connectivity index (χ1) is 6.85. The molecule has 5 aliphatic carbocycles. The minimum atomic E-state index is 0.846. The molecule has 0 saturated heterocycles. The van der Waals surface area contributed by atoms with Crippen LogP contribution in [0, 0.1) is 16.2 Å². The lowest BCUT2D eigenvalue weighted by Crippen LogP contribution is -2.47. The van der Waals surface area contributed by atoms with E-state index in [9.17, 15) is 0 Å². The van der Waals surface area contributed by atoms with E-state index in [-0.39, 0.29) is 0 Å². The number of allylic oxidation sites excluding steroid dienone is 2. The maximum atomic E-state index is 2.06. The predicted octanol–water partition coefficient (Wildman–Crippen LogP) is 3.82. The van der Waals surface area contributed by atoms with E-state index in [1.54, 1.807) is 38.5 Å². The van der Waals surface area contributed by atoms with Crippen LogP contribution >= 0.6 is 0 Å². The van der Waals surface area contributed by atoms with Crippen LogP contribution in [0.1, 0.15) is 57.8 Å². The van der Waals surface area contributed by atoms with Crippen molar-refractivity contribution in [2.45, 2.75) is 57.8 Å². The molecule has 0 radical (unpaired) electrons. The van der Waals surface area contributed by atoms with Gasteiger partial charge in [0.25, 0.3) is 0 Å². The van der Waals surface area contributed by atoms with Gasteiger partial charge in [-0.15, -0.1) is 0 Å². The second-order valence-corrected chi connectivity index (χ2v) is 6.58. The molecule has 0 unspecified atom stereocenters. The summed E-state index contributed by atoms with van der Waals surface area (Å²) in [6.07, 6.45) is 14.0. The summed E-state index contributed by atoms with van der Waals surface area (Å²) in [5, 5.41) is 0. The van der Waals surface area contributed by atoms with E-state index >= 15 is 0 Å². The summed E-state index contributed by atoms with van der Waals surface area (Å²) in [7, 11) is 0. The van der Waals surface area contributed by atoms with Crippen molar-refractivity contribution in [2.24, 2.45) is 16.2 Å². The Balaban J connectivity index is 1.72. The smallest absolute Gasteiger partial charge is 0.00142 e. The molecule has 5 rings (SSSR count). The maximum absolute atomic E-state index is 2.06. The van der Waals surface area contributed by atoms with Crippen molar-refractivity contribution in [1.82, 2.24) is 0 Å². The van der Waals surface area contributed by atoms with Crippen molar-refractivity contribution in [1.29, 1.82) is 0 Å². The Kier molecular flexibility index (Phi) is 0.829. The van der Waals surface area contributed by atoms with Gasteiger partial charge in [-0.05, 0) is 74.0 Å². The zero-order valence-corrected chi connectivity index (χ0v) is 8.86. The molecule has 0 nitrogen and oxygen atoms in total. The highest BCUT2D eigenvalue weighted by atomic mass is 14.9. The van der Waals surface area contributed by atoms with Crippen molar-refractivity contribution in [2.75, 3.05) is 0 Å². The van der Waals surface area contributed by atoms with Crippen molar-refractivity contribution in [3.05, 3.63) is 11.1 Å². The van der Waals surface area contributed by atoms with Gasteiger partial charge in [0.1, 0.15) is 0 Å². The van der Waals surface area contributed by atoms with Gasteiger partial charge in [-0.1, -0.05) is 11.1 Å². The molecule has 0 N–H and O–H groups in total. The number of fused-ring (bicyclic) bond motifs is 2. The molecule has 0 aromatic carbocycles. The topological polar surface area (TPSA) is 0 Å². The second kappa shape index (κ2) is 1.64. The maximum Gasteiger partial charge on any atom is -0.00142 e. The molecule has 5 fully saturated rings. The van der Waals surface area contributed by atoms with Crippen molar-refractivity contribution in [3.8, 4) is 0 Å². The lowest BCUT2D eigenvalue weighted by atomic mass is 9.49. The molecule has 0 amide bonds. The molecule has 14 heavy (non-hydrogen) atoms. The van der Waals surface area contributed by atoms with Gasteiger partial charge in [-0.2, -0.15) is 0 Å². The molecule has 0 bridgehead atoms. The summed E-state index contributed by atoms with van der Waals surface area (Å²) in [4.78, 5) is 0. The minimum absolute atomic E-state index is 0.846. The molecule has 5 saturated carbocycles. The van der Waals surface area contributed by atoms with Gasteiger partial charge in [0.2, 0.25) is 0 Å². The summed E-state index contributed by atoms with van der Waals surface area (Å²) in [6.45, 7) is 0. The molecule has 0 aliphatic heterocycles. The summed E-state index contributed by atoms with van der Waals surface area (Å²) in [6, 6.07) is 0. The fourth-order valence-corrected chi connectivity index (χ4v) is 5.40. The normalized spacial score (nSPS) is 41.1. The summed E-state index contributed by atoms with van der Waals surface area (Å²) in [5.41, 5.74) is 6.61. The van der Waals surface area contributed by atoms with Crippen LogP contribution in [0.25, 0.3) is 0 Å². The zero-order chi connectivity index (χ0) is 9.02. The average molecular weight is 186 g/mol. The number of hydrogen-bond donors (Lipinski definition) is 0. The van der Waals surface area contributed by atoms with Crippen LogP contribution in [0.3, 0.4) is 0 Å². The lowest BCUT2D eigenvalue weighted by molar-refractivity contribution is 0.0878. The molecule has 5 aliphatic rings. The van der Waals surface area contributed by atoms with Gasteiger partial charge in [-0.3, -0.25) is 0 Å². The predicted molar refractivity (Wildman–Crippen MR) is 55.9 cm³/mol. The van der Waals surface area contributed by atoms with E-state index in [2.05, 4.69) is 5.57 Å². The second-order valence-electron chi connectivity index (χ2n) is 6.58. The SMILES string of the molecule is C1CC(=C2C3(CC3)C3(CC3)C23CC3)C1. The Morgan fingerprint density at radius 2 is 1.29 bits per heavy atom. The minimum Gasteiger partial charge on any atom is -0.0698 e. The third-order valence-electron chi connectivity index (χ3n) is 6.35. The van der Waals surface area contributed by atoms with E-state index in [1.165, 1.54) is 19.3 Å². The summed E-state index contributed by atoms with van der Waals surface area (Å²) >= 11 is 0. The van der Waals surface area contributed by atoms with Gasteiger partial charge in [0.15, 0.2) is 0 Å². The summed E-state index contributed by atoms with van der Waals surface area (Å²) < 4.78 is 0. The fourth-order valence-electron chi connectivity index (χ4n) is 5.40.